The van der Waals surface area contributed by atoms with E-state index in [1.807, 2.05) is 30.3 Å². The summed E-state index contributed by atoms with van der Waals surface area (Å²) in [4.78, 5) is 11.0. The van der Waals surface area contributed by atoms with Crippen LogP contribution in [0.2, 0.25) is 0 Å². The van der Waals surface area contributed by atoms with E-state index in [-0.39, 0.29) is 11.4 Å². The molecule has 1 aromatic heterocycles. The van der Waals surface area contributed by atoms with Crippen molar-refractivity contribution < 1.29 is 14.6 Å². The highest BCUT2D eigenvalue weighted by atomic mass is 16.5. The van der Waals surface area contributed by atoms with Gasteiger partial charge >= 0.3 is 5.97 Å². The molecule has 0 fully saturated rings. The Morgan fingerprint density at radius 2 is 2.12 bits per heavy atom. The molecule has 0 aliphatic rings. The molecule has 0 atom stereocenters. The van der Waals surface area contributed by atoms with Crippen molar-refractivity contribution in [2.75, 3.05) is 6.61 Å². The van der Waals surface area contributed by atoms with Crippen LogP contribution in [0.4, 0.5) is 0 Å². The Kier molecular flexibility index (Phi) is 3.09. The first kappa shape index (κ1) is 11.2. The average Bonchev–Trinajstić information content (AvgIpc) is 2.75. The Hall–Kier alpha value is -2.30. The molecule has 0 aliphatic carbocycles. The van der Waals surface area contributed by atoms with E-state index in [0.717, 1.165) is 5.69 Å². The number of hydrogen-bond donors (Lipinski definition) is 1. The lowest BCUT2D eigenvalue weighted by atomic mass is 10.3. The maximum atomic E-state index is 11.0. The van der Waals surface area contributed by atoms with Crippen LogP contribution in [0.1, 0.15) is 17.3 Å². The zero-order chi connectivity index (χ0) is 12.3. The molecule has 17 heavy (non-hydrogen) atoms. The number of rotatable bonds is 4. The molecule has 2 rings (SSSR count). The third kappa shape index (κ3) is 2.13. The zero-order valence-corrected chi connectivity index (χ0v) is 9.33. The van der Waals surface area contributed by atoms with Crippen LogP contribution in [0.25, 0.3) is 5.69 Å². The summed E-state index contributed by atoms with van der Waals surface area (Å²) < 4.78 is 6.82. The van der Waals surface area contributed by atoms with Gasteiger partial charge in [0.05, 0.1) is 18.5 Å². The Morgan fingerprint density at radius 3 is 2.71 bits per heavy atom. The normalized spacial score (nSPS) is 10.2. The number of para-hydroxylation sites is 1. The van der Waals surface area contributed by atoms with Gasteiger partial charge in [-0.25, -0.2) is 9.48 Å². The van der Waals surface area contributed by atoms with Crippen LogP contribution < -0.4 is 4.74 Å². The first-order chi connectivity index (χ1) is 8.24. The van der Waals surface area contributed by atoms with Gasteiger partial charge in [0.15, 0.2) is 0 Å². The zero-order valence-electron chi connectivity index (χ0n) is 9.33. The Labute approximate surface area is 98.3 Å². The van der Waals surface area contributed by atoms with Crippen molar-refractivity contribution in [2.24, 2.45) is 0 Å². The van der Waals surface area contributed by atoms with Crippen molar-refractivity contribution >= 4 is 5.97 Å². The third-order valence-electron chi connectivity index (χ3n) is 2.24. The van der Waals surface area contributed by atoms with E-state index in [1.165, 1.54) is 10.9 Å². The summed E-state index contributed by atoms with van der Waals surface area (Å²) in [6, 6.07) is 9.26. The Bertz CT molecular complexity index is 520. The van der Waals surface area contributed by atoms with Crippen molar-refractivity contribution in [3.8, 4) is 11.6 Å². The topological polar surface area (TPSA) is 64.3 Å². The molecular formula is C12H12N2O3. The molecule has 0 radical (unpaired) electrons. The predicted octanol–water partition coefficient (Wildman–Crippen LogP) is 1.97. The number of carboxylic acids is 1. The van der Waals surface area contributed by atoms with Crippen LogP contribution in [-0.2, 0) is 0 Å². The highest BCUT2D eigenvalue weighted by Crippen LogP contribution is 2.22. The minimum Gasteiger partial charge on any atom is -0.477 e. The fourth-order valence-electron chi connectivity index (χ4n) is 1.51. The summed E-state index contributed by atoms with van der Waals surface area (Å²) >= 11 is 0. The van der Waals surface area contributed by atoms with Crippen LogP contribution in [0.3, 0.4) is 0 Å². The maximum absolute atomic E-state index is 11.0. The summed E-state index contributed by atoms with van der Waals surface area (Å²) in [5, 5.41) is 13.1. The van der Waals surface area contributed by atoms with E-state index in [9.17, 15) is 4.79 Å². The monoisotopic (exact) mass is 232 g/mol. The number of ether oxygens (including phenoxy) is 1. The number of carbonyl (C=O) groups is 1. The van der Waals surface area contributed by atoms with Gasteiger partial charge in [-0.3, -0.25) is 0 Å². The lowest BCUT2D eigenvalue weighted by Gasteiger charge is -2.08. The largest absolute Gasteiger partial charge is 0.477 e. The summed E-state index contributed by atoms with van der Waals surface area (Å²) in [6.45, 7) is 2.19. The summed E-state index contributed by atoms with van der Waals surface area (Å²) in [7, 11) is 0. The molecule has 5 heteroatoms. The average molecular weight is 232 g/mol. The molecule has 0 spiro atoms. The van der Waals surface area contributed by atoms with E-state index in [0.29, 0.717) is 6.61 Å². The van der Waals surface area contributed by atoms with Gasteiger partial charge in [0.2, 0.25) is 5.88 Å². The van der Waals surface area contributed by atoms with E-state index >= 15 is 0 Å². The first-order valence-corrected chi connectivity index (χ1v) is 5.23. The van der Waals surface area contributed by atoms with Gasteiger partial charge in [0.25, 0.3) is 0 Å². The van der Waals surface area contributed by atoms with Crippen molar-refractivity contribution in [3.05, 3.63) is 42.1 Å². The summed E-state index contributed by atoms with van der Waals surface area (Å²) in [5.74, 6) is -0.790. The second-order valence-corrected chi connectivity index (χ2v) is 3.35. The SMILES string of the molecule is CCOc1c(C(=O)O)cnn1-c1ccccc1. The van der Waals surface area contributed by atoms with E-state index in [2.05, 4.69) is 5.10 Å². The van der Waals surface area contributed by atoms with Gasteiger partial charge in [0, 0.05) is 0 Å². The standard InChI is InChI=1S/C12H12N2O3/c1-2-17-11-10(12(15)16)8-13-14(11)9-6-4-3-5-7-9/h3-8H,2H2,1H3,(H,15,16). The lowest BCUT2D eigenvalue weighted by Crippen LogP contribution is -2.05. The Balaban J connectivity index is 2.51. The van der Waals surface area contributed by atoms with Crippen molar-refractivity contribution in [1.82, 2.24) is 9.78 Å². The van der Waals surface area contributed by atoms with Gasteiger partial charge < -0.3 is 9.84 Å². The highest BCUT2D eigenvalue weighted by molar-refractivity contribution is 5.90. The van der Waals surface area contributed by atoms with Crippen LogP contribution >= 0.6 is 0 Å². The molecule has 1 N–H and O–H groups in total. The van der Waals surface area contributed by atoms with Gasteiger partial charge in [0.1, 0.15) is 5.56 Å². The quantitative estimate of drug-likeness (QED) is 0.875. The molecule has 2 aromatic rings. The number of nitrogens with zero attached hydrogens (tertiary/aromatic N) is 2. The first-order valence-electron chi connectivity index (χ1n) is 5.23. The van der Waals surface area contributed by atoms with E-state index in [1.54, 1.807) is 6.92 Å². The molecule has 0 aliphatic heterocycles. The van der Waals surface area contributed by atoms with Gasteiger partial charge in [-0.2, -0.15) is 5.10 Å². The van der Waals surface area contributed by atoms with Crippen LogP contribution in [-0.4, -0.2) is 27.5 Å². The molecule has 0 unspecified atom stereocenters. The molecule has 0 saturated heterocycles. The van der Waals surface area contributed by atoms with Gasteiger partial charge in [-0.15, -0.1) is 0 Å². The highest BCUT2D eigenvalue weighted by Gasteiger charge is 2.18. The third-order valence-corrected chi connectivity index (χ3v) is 2.24. The van der Waals surface area contributed by atoms with Crippen molar-refractivity contribution in [1.29, 1.82) is 0 Å². The molecule has 88 valence electrons. The van der Waals surface area contributed by atoms with Crippen LogP contribution in [0.5, 0.6) is 5.88 Å². The molecule has 0 saturated carbocycles. The number of carboxylic acid groups (broad SMARTS) is 1. The van der Waals surface area contributed by atoms with E-state index < -0.39 is 5.97 Å². The molecule has 1 heterocycles. The van der Waals surface area contributed by atoms with E-state index in [4.69, 9.17) is 9.84 Å². The lowest BCUT2D eigenvalue weighted by molar-refractivity contribution is 0.0692. The molecule has 1 aromatic carbocycles. The minimum absolute atomic E-state index is 0.0655. The van der Waals surface area contributed by atoms with Crippen LogP contribution in [0.15, 0.2) is 36.5 Å². The minimum atomic E-state index is -1.05. The second kappa shape index (κ2) is 4.69. The Morgan fingerprint density at radius 1 is 1.41 bits per heavy atom. The molecule has 0 amide bonds. The van der Waals surface area contributed by atoms with Crippen molar-refractivity contribution in [2.45, 2.75) is 6.92 Å². The molecule has 0 bridgehead atoms. The van der Waals surface area contributed by atoms with Gasteiger partial charge in [-0.1, -0.05) is 18.2 Å². The number of aromatic nitrogens is 2. The smallest absolute Gasteiger partial charge is 0.342 e. The number of benzene rings is 1. The molecule has 5 nitrogen and oxygen atoms in total. The summed E-state index contributed by atoms with van der Waals surface area (Å²) in [6.07, 6.45) is 1.29. The second-order valence-electron chi connectivity index (χ2n) is 3.35. The van der Waals surface area contributed by atoms with Crippen molar-refractivity contribution in [3.63, 3.8) is 0 Å². The predicted molar refractivity (Wildman–Crippen MR) is 61.7 cm³/mol. The summed E-state index contributed by atoms with van der Waals surface area (Å²) in [5.41, 5.74) is 0.833. The van der Waals surface area contributed by atoms with Gasteiger partial charge in [-0.05, 0) is 19.1 Å². The fraction of sp³-hybridized carbons (Fsp3) is 0.167. The molecular weight excluding hydrogens is 220 g/mol. The van der Waals surface area contributed by atoms with Crippen LogP contribution in [0, 0.1) is 0 Å². The fourth-order valence-corrected chi connectivity index (χ4v) is 1.51. The number of aromatic carboxylic acids is 1. The number of hydrogen-bond acceptors (Lipinski definition) is 3. The maximum Gasteiger partial charge on any atom is 0.342 e.